The Morgan fingerprint density at radius 2 is 2.10 bits per heavy atom. The molecule has 1 aliphatic rings. The fraction of sp³-hybridized carbons (Fsp3) is 0.500. The highest BCUT2D eigenvalue weighted by molar-refractivity contribution is 7.80. The molecular weight excluding hydrogens is 284 g/mol. The lowest BCUT2D eigenvalue weighted by Crippen LogP contribution is -2.44. The first-order chi connectivity index (χ1) is 9.99. The highest BCUT2D eigenvalue weighted by atomic mass is 32.1. The van der Waals surface area contributed by atoms with E-state index in [0.717, 1.165) is 19.5 Å². The van der Waals surface area contributed by atoms with Crippen LogP contribution in [0, 0.1) is 11.8 Å². The van der Waals surface area contributed by atoms with Crippen LogP contribution in [-0.2, 0) is 4.79 Å². The molecule has 1 fully saturated rings. The van der Waals surface area contributed by atoms with Crippen molar-refractivity contribution in [1.29, 1.82) is 0 Å². The third-order valence-corrected chi connectivity index (χ3v) is 4.41. The summed E-state index contributed by atoms with van der Waals surface area (Å²) in [6.07, 6.45) is 1.05. The highest BCUT2D eigenvalue weighted by Crippen LogP contribution is 2.23. The van der Waals surface area contributed by atoms with Crippen LogP contribution in [0.2, 0.25) is 0 Å². The lowest BCUT2D eigenvalue weighted by molar-refractivity contribution is -0.135. The van der Waals surface area contributed by atoms with Crippen molar-refractivity contribution in [2.45, 2.75) is 20.3 Å². The van der Waals surface area contributed by atoms with Gasteiger partial charge in [-0.2, -0.15) is 0 Å². The summed E-state index contributed by atoms with van der Waals surface area (Å²) in [5.41, 5.74) is 6.32. The monoisotopic (exact) mass is 306 g/mol. The van der Waals surface area contributed by atoms with Gasteiger partial charge in [-0.25, -0.2) is 0 Å². The first-order valence-electron chi connectivity index (χ1n) is 7.28. The Balaban J connectivity index is 1.94. The number of para-hydroxylation sites is 1. The molecular formula is C16H22N2O2S. The maximum absolute atomic E-state index is 12.2. The first-order valence-corrected chi connectivity index (χ1v) is 7.69. The standard InChI is InChI=1S/C16H22N2O2S/c1-11-7-8-18(9-12(11)2)15(19)10-20-14-6-4-3-5-13(14)16(17)21/h3-6,11-12H,7-10H2,1-2H3,(H2,17,21). The van der Waals surface area contributed by atoms with Gasteiger partial charge >= 0.3 is 0 Å². The first kappa shape index (κ1) is 15.8. The summed E-state index contributed by atoms with van der Waals surface area (Å²) in [5, 5.41) is 0. The smallest absolute Gasteiger partial charge is 0.260 e. The van der Waals surface area contributed by atoms with Crippen molar-refractivity contribution in [2.75, 3.05) is 19.7 Å². The average molecular weight is 306 g/mol. The molecule has 1 amide bonds. The van der Waals surface area contributed by atoms with E-state index in [2.05, 4.69) is 13.8 Å². The Kier molecular flexibility index (Phi) is 5.17. The van der Waals surface area contributed by atoms with Gasteiger partial charge in [-0.15, -0.1) is 0 Å². The molecule has 0 spiro atoms. The molecule has 0 saturated carbocycles. The van der Waals surface area contributed by atoms with Crippen molar-refractivity contribution in [2.24, 2.45) is 17.6 Å². The maximum atomic E-state index is 12.2. The Labute approximate surface area is 131 Å². The predicted molar refractivity (Wildman–Crippen MR) is 87.3 cm³/mol. The van der Waals surface area contributed by atoms with E-state index in [1.54, 1.807) is 12.1 Å². The molecule has 0 radical (unpaired) electrons. The van der Waals surface area contributed by atoms with Gasteiger partial charge in [0, 0.05) is 13.1 Å². The summed E-state index contributed by atoms with van der Waals surface area (Å²) in [6.45, 7) is 6.07. The number of amides is 1. The molecule has 2 unspecified atom stereocenters. The molecule has 4 nitrogen and oxygen atoms in total. The average Bonchev–Trinajstić information content (AvgIpc) is 2.47. The maximum Gasteiger partial charge on any atom is 0.260 e. The summed E-state index contributed by atoms with van der Waals surface area (Å²) >= 11 is 4.99. The SMILES string of the molecule is CC1CCN(C(=O)COc2ccccc2C(N)=S)CC1C. The van der Waals surface area contributed by atoms with E-state index >= 15 is 0 Å². The molecule has 1 saturated heterocycles. The molecule has 0 aromatic heterocycles. The fourth-order valence-corrected chi connectivity index (χ4v) is 2.68. The number of benzene rings is 1. The molecule has 2 atom stereocenters. The minimum absolute atomic E-state index is 0.0199. The summed E-state index contributed by atoms with van der Waals surface area (Å²) in [7, 11) is 0. The Hall–Kier alpha value is -1.62. The van der Waals surface area contributed by atoms with Gasteiger partial charge in [0.05, 0.1) is 5.56 Å². The van der Waals surface area contributed by atoms with Crippen LogP contribution in [0.4, 0.5) is 0 Å². The summed E-state index contributed by atoms with van der Waals surface area (Å²) in [5.74, 6) is 1.79. The van der Waals surface area contributed by atoms with Gasteiger partial charge in [-0.3, -0.25) is 4.79 Å². The van der Waals surface area contributed by atoms with Crippen molar-refractivity contribution >= 4 is 23.1 Å². The number of carbonyl (C=O) groups is 1. The molecule has 0 bridgehead atoms. The molecule has 114 valence electrons. The minimum atomic E-state index is 0.0199. The van der Waals surface area contributed by atoms with Crippen molar-refractivity contribution < 1.29 is 9.53 Å². The Bertz CT molecular complexity index is 533. The number of likely N-dealkylation sites (tertiary alicyclic amines) is 1. The third-order valence-electron chi connectivity index (χ3n) is 4.19. The number of hydrogen-bond donors (Lipinski definition) is 1. The van der Waals surface area contributed by atoms with Gasteiger partial charge in [0.1, 0.15) is 10.7 Å². The number of piperidine rings is 1. The van der Waals surface area contributed by atoms with Gasteiger partial charge in [0.15, 0.2) is 6.61 Å². The normalized spacial score (nSPS) is 21.9. The Morgan fingerprint density at radius 3 is 2.76 bits per heavy atom. The number of carbonyl (C=O) groups excluding carboxylic acids is 1. The zero-order valence-corrected chi connectivity index (χ0v) is 13.4. The Morgan fingerprint density at radius 1 is 1.38 bits per heavy atom. The number of ether oxygens (including phenoxy) is 1. The number of hydrogen-bond acceptors (Lipinski definition) is 3. The molecule has 2 N–H and O–H groups in total. The van der Waals surface area contributed by atoms with E-state index in [1.165, 1.54) is 0 Å². The minimum Gasteiger partial charge on any atom is -0.483 e. The highest BCUT2D eigenvalue weighted by Gasteiger charge is 2.26. The zero-order valence-electron chi connectivity index (χ0n) is 12.5. The van der Waals surface area contributed by atoms with Crippen LogP contribution >= 0.6 is 12.2 Å². The molecule has 1 aliphatic heterocycles. The predicted octanol–water partition coefficient (Wildman–Crippen LogP) is 2.20. The second-order valence-corrected chi connectivity index (χ2v) is 6.17. The molecule has 21 heavy (non-hydrogen) atoms. The molecule has 1 aromatic rings. The second kappa shape index (κ2) is 6.89. The largest absolute Gasteiger partial charge is 0.483 e. The molecule has 0 aliphatic carbocycles. The zero-order chi connectivity index (χ0) is 15.4. The summed E-state index contributed by atoms with van der Waals surface area (Å²) in [4.78, 5) is 14.4. The molecule has 5 heteroatoms. The van der Waals surface area contributed by atoms with E-state index in [4.69, 9.17) is 22.7 Å². The van der Waals surface area contributed by atoms with Gasteiger partial charge in [-0.1, -0.05) is 38.2 Å². The number of rotatable bonds is 4. The van der Waals surface area contributed by atoms with Crippen LogP contribution < -0.4 is 10.5 Å². The van der Waals surface area contributed by atoms with Crippen molar-refractivity contribution in [3.63, 3.8) is 0 Å². The van der Waals surface area contributed by atoms with Crippen LogP contribution in [-0.4, -0.2) is 35.5 Å². The summed E-state index contributed by atoms with van der Waals surface area (Å²) in [6, 6.07) is 7.26. The van der Waals surface area contributed by atoms with Crippen LogP contribution in [0.25, 0.3) is 0 Å². The van der Waals surface area contributed by atoms with E-state index in [1.807, 2.05) is 17.0 Å². The topological polar surface area (TPSA) is 55.6 Å². The van der Waals surface area contributed by atoms with Gasteiger partial charge in [0.25, 0.3) is 5.91 Å². The van der Waals surface area contributed by atoms with Gasteiger partial charge < -0.3 is 15.4 Å². The molecule has 1 heterocycles. The number of nitrogens with zero attached hydrogens (tertiary/aromatic N) is 1. The van der Waals surface area contributed by atoms with Crippen LogP contribution in [0.1, 0.15) is 25.8 Å². The number of thiocarbonyl (C=S) groups is 1. The molecule has 1 aromatic carbocycles. The van der Waals surface area contributed by atoms with Crippen LogP contribution in [0.15, 0.2) is 24.3 Å². The van der Waals surface area contributed by atoms with Gasteiger partial charge in [-0.05, 0) is 30.4 Å². The lowest BCUT2D eigenvalue weighted by Gasteiger charge is -2.35. The van der Waals surface area contributed by atoms with E-state index in [-0.39, 0.29) is 17.5 Å². The van der Waals surface area contributed by atoms with Crippen molar-refractivity contribution in [3.05, 3.63) is 29.8 Å². The lowest BCUT2D eigenvalue weighted by atomic mass is 9.89. The van der Waals surface area contributed by atoms with Crippen molar-refractivity contribution in [1.82, 2.24) is 4.90 Å². The van der Waals surface area contributed by atoms with E-state index in [9.17, 15) is 4.79 Å². The van der Waals surface area contributed by atoms with Crippen LogP contribution in [0.5, 0.6) is 5.75 Å². The number of nitrogens with two attached hydrogens (primary N) is 1. The second-order valence-electron chi connectivity index (χ2n) is 5.73. The van der Waals surface area contributed by atoms with Gasteiger partial charge in [0.2, 0.25) is 0 Å². The third kappa shape index (κ3) is 3.94. The van der Waals surface area contributed by atoms with Crippen molar-refractivity contribution in [3.8, 4) is 5.75 Å². The van der Waals surface area contributed by atoms with Crippen LogP contribution in [0.3, 0.4) is 0 Å². The molecule has 2 rings (SSSR count). The fourth-order valence-electron chi connectivity index (χ4n) is 2.52. The van der Waals surface area contributed by atoms with E-state index in [0.29, 0.717) is 23.1 Å². The quantitative estimate of drug-likeness (QED) is 0.867. The summed E-state index contributed by atoms with van der Waals surface area (Å²) < 4.78 is 5.62. The van der Waals surface area contributed by atoms with E-state index < -0.39 is 0 Å².